The minimum absolute atomic E-state index is 0.168. The second-order valence-corrected chi connectivity index (χ2v) is 6.15. The number of urea groups is 1. The fraction of sp³-hybridized carbons (Fsp3) is 0.750. The molecule has 1 saturated heterocycles. The molecular weight excluding hydrogens is 220 g/mol. The van der Waals surface area contributed by atoms with Crippen LogP contribution in [0.25, 0.3) is 0 Å². The van der Waals surface area contributed by atoms with Crippen LogP contribution in [0.1, 0.15) is 40.0 Å². The number of rotatable bonds is 1. The zero-order chi connectivity index (χ0) is 12.8. The molecule has 94 valence electrons. The van der Waals surface area contributed by atoms with E-state index < -0.39 is 17.4 Å². The molecule has 5 nitrogen and oxygen atoms in total. The molecule has 0 atom stereocenters. The molecule has 0 aromatic rings. The molecule has 1 heterocycles. The Hall–Kier alpha value is -1.39. The lowest BCUT2D eigenvalue weighted by Gasteiger charge is -2.45. The van der Waals surface area contributed by atoms with Gasteiger partial charge in [-0.2, -0.15) is 0 Å². The number of nitrogens with one attached hydrogen (secondary N) is 1. The van der Waals surface area contributed by atoms with Crippen LogP contribution in [0.2, 0.25) is 0 Å². The van der Waals surface area contributed by atoms with Crippen molar-refractivity contribution in [2.45, 2.75) is 40.0 Å². The van der Waals surface area contributed by atoms with E-state index in [4.69, 9.17) is 0 Å². The number of carbonyl (C=O) groups is 3. The van der Waals surface area contributed by atoms with Gasteiger partial charge in [0.2, 0.25) is 11.8 Å². The average Bonchev–Trinajstić information content (AvgIpc) is 2.08. The van der Waals surface area contributed by atoms with E-state index in [0.29, 0.717) is 19.4 Å². The van der Waals surface area contributed by atoms with Gasteiger partial charge in [0.25, 0.3) is 0 Å². The number of amides is 4. The quantitative estimate of drug-likeness (QED) is 0.700. The standard InChI is InChI=1S/C12H18N2O3/c1-11(2,3)7-14-9(16)12(5-4-6-12)8(15)13-10(14)17/h4-7H2,1-3H3,(H,13,15,17). The van der Waals surface area contributed by atoms with Crippen molar-refractivity contribution in [2.75, 3.05) is 6.54 Å². The minimum atomic E-state index is -0.945. The highest BCUT2D eigenvalue weighted by Crippen LogP contribution is 2.44. The molecule has 4 amide bonds. The molecule has 1 saturated carbocycles. The van der Waals surface area contributed by atoms with Gasteiger partial charge in [0, 0.05) is 6.54 Å². The zero-order valence-corrected chi connectivity index (χ0v) is 10.5. The first-order valence-corrected chi connectivity index (χ1v) is 5.94. The highest BCUT2D eigenvalue weighted by atomic mass is 16.2. The molecule has 1 aliphatic carbocycles. The molecule has 0 bridgehead atoms. The lowest BCUT2D eigenvalue weighted by Crippen LogP contribution is -2.66. The SMILES string of the molecule is CC(C)(C)CN1C(=O)NC(=O)C2(CCC2)C1=O. The van der Waals surface area contributed by atoms with Crippen LogP contribution >= 0.6 is 0 Å². The second kappa shape index (κ2) is 3.55. The highest BCUT2D eigenvalue weighted by molar-refractivity contribution is 6.19. The molecule has 0 aromatic heterocycles. The van der Waals surface area contributed by atoms with Crippen LogP contribution in [-0.2, 0) is 9.59 Å². The topological polar surface area (TPSA) is 66.5 Å². The van der Waals surface area contributed by atoms with Crippen molar-refractivity contribution in [3.8, 4) is 0 Å². The summed E-state index contributed by atoms with van der Waals surface area (Å²) < 4.78 is 0. The fourth-order valence-corrected chi connectivity index (χ4v) is 2.32. The van der Waals surface area contributed by atoms with E-state index in [1.165, 1.54) is 4.90 Å². The Kier molecular flexibility index (Phi) is 2.52. The maximum Gasteiger partial charge on any atom is 0.330 e. The summed E-state index contributed by atoms with van der Waals surface area (Å²) in [5.74, 6) is -0.726. The van der Waals surface area contributed by atoms with Crippen molar-refractivity contribution >= 4 is 17.8 Å². The molecule has 1 spiro atoms. The van der Waals surface area contributed by atoms with Crippen LogP contribution in [0.15, 0.2) is 0 Å². The Morgan fingerprint density at radius 1 is 1.24 bits per heavy atom. The summed E-state index contributed by atoms with van der Waals surface area (Å²) in [6.07, 6.45) is 1.99. The molecule has 2 aliphatic rings. The molecule has 0 aromatic carbocycles. The molecule has 0 unspecified atom stereocenters. The van der Waals surface area contributed by atoms with Gasteiger partial charge in [-0.3, -0.25) is 19.8 Å². The Labute approximate surface area is 101 Å². The van der Waals surface area contributed by atoms with Crippen LogP contribution in [0.4, 0.5) is 4.79 Å². The Balaban J connectivity index is 2.24. The smallest absolute Gasteiger partial charge is 0.277 e. The monoisotopic (exact) mass is 238 g/mol. The van der Waals surface area contributed by atoms with Crippen molar-refractivity contribution in [3.05, 3.63) is 0 Å². The first kappa shape index (κ1) is 12.1. The number of hydrogen-bond donors (Lipinski definition) is 1. The maximum absolute atomic E-state index is 12.3. The molecule has 5 heteroatoms. The number of carbonyl (C=O) groups excluding carboxylic acids is 3. The van der Waals surface area contributed by atoms with E-state index in [1.807, 2.05) is 20.8 Å². The number of imide groups is 2. The van der Waals surface area contributed by atoms with Gasteiger partial charge in [-0.15, -0.1) is 0 Å². The lowest BCUT2D eigenvalue weighted by molar-refractivity contribution is -0.158. The van der Waals surface area contributed by atoms with E-state index in [2.05, 4.69) is 5.32 Å². The fourth-order valence-electron chi connectivity index (χ4n) is 2.32. The van der Waals surface area contributed by atoms with Gasteiger partial charge in [0.1, 0.15) is 5.41 Å². The number of nitrogens with zero attached hydrogens (tertiary/aromatic N) is 1. The van der Waals surface area contributed by atoms with Gasteiger partial charge in [0.15, 0.2) is 0 Å². The van der Waals surface area contributed by atoms with Crippen LogP contribution in [0, 0.1) is 10.8 Å². The Morgan fingerprint density at radius 2 is 1.82 bits per heavy atom. The van der Waals surface area contributed by atoms with Crippen LogP contribution in [-0.4, -0.2) is 29.3 Å². The Bertz CT molecular complexity index is 391. The van der Waals surface area contributed by atoms with E-state index >= 15 is 0 Å². The van der Waals surface area contributed by atoms with Gasteiger partial charge >= 0.3 is 6.03 Å². The number of hydrogen-bond acceptors (Lipinski definition) is 3. The molecule has 0 radical (unpaired) electrons. The van der Waals surface area contributed by atoms with Crippen LogP contribution in [0.5, 0.6) is 0 Å². The molecular formula is C12H18N2O3. The molecule has 2 rings (SSSR count). The number of barbiturate groups is 1. The summed E-state index contributed by atoms with van der Waals surface area (Å²) in [6.45, 7) is 6.21. The third kappa shape index (κ3) is 1.83. The van der Waals surface area contributed by atoms with Crippen molar-refractivity contribution in [2.24, 2.45) is 10.8 Å². The van der Waals surface area contributed by atoms with Crippen molar-refractivity contribution in [1.82, 2.24) is 10.2 Å². The highest BCUT2D eigenvalue weighted by Gasteiger charge is 2.57. The van der Waals surface area contributed by atoms with Crippen molar-refractivity contribution < 1.29 is 14.4 Å². The van der Waals surface area contributed by atoms with Crippen LogP contribution < -0.4 is 5.32 Å². The van der Waals surface area contributed by atoms with E-state index in [0.717, 1.165) is 6.42 Å². The van der Waals surface area contributed by atoms with Crippen molar-refractivity contribution in [3.63, 3.8) is 0 Å². The van der Waals surface area contributed by atoms with E-state index in [1.54, 1.807) is 0 Å². The lowest BCUT2D eigenvalue weighted by atomic mass is 9.66. The first-order chi connectivity index (χ1) is 7.76. The molecule has 2 fully saturated rings. The van der Waals surface area contributed by atoms with Gasteiger partial charge in [-0.05, 0) is 18.3 Å². The van der Waals surface area contributed by atoms with E-state index in [9.17, 15) is 14.4 Å². The van der Waals surface area contributed by atoms with Crippen LogP contribution in [0.3, 0.4) is 0 Å². The Morgan fingerprint density at radius 3 is 2.24 bits per heavy atom. The van der Waals surface area contributed by atoms with Gasteiger partial charge in [-0.1, -0.05) is 27.2 Å². The summed E-state index contributed by atoms with van der Waals surface area (Å²) >= 11 is 0. The summed E-state index contributed by atoms with van der Waals surface area (Å²) in [4.78, 5) is 36.9. The summed E-state index contributed by atoms with van der Waals surface area (Å²) in [5.41, 5.74) is -1.11. The zero-order valence-electron chi connectivity index (χ0n) is 10.5. The minimum Gasteiger partial charge on any atom is -0.277 e. The first-order valence-electron chi connectivity index (χ1n) is 5.94. The third-order valence-corrected chi connectivity index (χ3v) is 3.39. The van der Waals surface area contributed by atoms with E-state index in [-0.39, 0.29) is 11.3 Å². The third-order valence-electron chi connectivity index (χ3n) is 3.39. The van der Waals surface area contributed by atoms with Gasteiger partial charge in [-0.25, -0.2) is 4.79 Å². The summed E-state index contributed by atoms with van der Waals surface area (Å²) in [7, 11) is 0. The average molecular weight is 238 g/mol. The predicted molar refractivity (Wildman–Crippen MR) is 61.0 cm³/mol. The van der Waals surface area contributed by atoms with Gasteiger partial charge in [0.05, 0.1) is 0 Å². The maximum atomic E-state index is 12.3. The molecule has 1 N–H and O–H groups in total. The largest absolute Gasteiger partial charge is 0.330 e. The second-order valence-electron chi connectivity index (χ2n) is 6.15. The normalized spacial score (nSPS) is 23.7. The van der Waals surface area contributed by atoms with Crippen molar-refractivity contribution in [1.29, 1.82) is 0 Å². The van der Waals surface area contributed by atoms with Gasteiger partial charge < -0.3 is 0 Å². The predicted octanol–water partition coefficient (Wildman–Crippen LogP) is 1.28. The molecule has 1 aliphatic heterocycles. The summed E-state index contributed by atoms with van der Waals surface area (Å²) in [5, 5.41) is 2.30. The molecule has 17 heavy (non-hydrogen) atoms. The summed E-state index contributed by atoms with van der Waals surface area (Å²) in [6, 6.07) is -0.576.